The van der Waals surface area contributed by atoms with Crippen LogP contribution in [0.5, 0.6) is 0 Å². The van der Waals surface area contributed by atoms with Gasteiger partial charge in [0.1, 0.15) is 0 Å². The topological polar surface area (TPSA) is 0 Å². The molecule has 0 heterocycles. The van der Waals surface area contributed by atoms with Gasteiger partial charge in [0.05, 0.1) is 0 Å². The Morgan fingerprint density at radius 2 is 2.10 bits per heavy atom. The number of unbranched alkanes of at least 4 members (excludes halogenated alkanes) is 2. The first-order chi connectivity index (χ1) is 4.92. The smallest absolute Gasteiger partial charge is 0.0354 e. The number of fused-ring (bicyclic) bond motifs is 1. The summed E-state index contributed by atoms with van der Waals surface area (Å²) in [6.45, 7) is 2.29. The van der Waals surface area contributed by atoms with Crippen LogP contribution in [0.15, 0.2) is 0 Å². The molecule has 0 aliphatic heterocycles. The molecule has 2 aliphatic rings. The average Bonchev–Trinajstić information content (AvgIpc) is 2.54. The zero-order valence-electron chi connectivity index (χ0n) is 6.97. The van der Waals surface area contributed by atoms with Gasteiger partial charge >= 0.3 is 0 Å². The van der Waals surface area contributed by atoms with Crippen LogP contribution in [0.1, 0.15) is 45.4 Å². The molecule has 0 saturated heterocycles. The van der Waals surface area contributed by atoms with E-state index in [-0.39, 0.29) is 0 Å². The summed E-state index contributed by atoms with van der Waals surface area (Å²) in [4.78, 5) is 0. The van der Waals surface area contributed by atoms with Crippen molar-refractivity contribution in [2.24, 2.45) is 17.8 Å². The normalized spacial score (nSPS) is 42.3. The Balaban J connectivity index is 1.55. The fraction of sp³-hybridized carbons (Fsp3) is 1.00. The van der Waals surface area contributed by atoms with Crippen LogP contribution in [0.2, 0.25) is 0 Å². The third-order valence-electron chi connectivity index (χ3n) is 3.37. The summed E-state index contributed by atoms with van der Waals surface area (Å²) < 4.78 is 0. The minimum absolute atomic E-state index is 1.18. The molecule has 58 valence electrons. The zero-order valence-corrected chi connectivity index (χ0v) is 6.97. The average molecular weight is 138 g/mol. The van der Waals surface area contributed by atoms with Crippen molar-refractivity contribution in [3.8, 4) is 0 Å². The van der Waals surface area contributed by atoms with Crippen LogP contribution < -0.4 is 0 Å². The molecule has 0 radical (unpaired) electrons. The molecule has 0 spiro atoms. The molecule has 0 amide bonds. The molecule has 0 aromatic heterocycles. The van der Waals surface area contributed by atoms with Crippen molar-refractivity contribution in [1.29, 1.82) is 0 Å². The van der Waals surface area contributed by atoms with Crippen molar-refractivity contribution in [2.75, 3.05) is 0 Å². The zero-order chi connectivity index (χ0) is 6.97. The molecule has 0 aromatic carbocycles. The Kier molecular flexibility index (Phi) is 1.71. The second-order valence-corrected chi connectivity index (χ2v) is 4.15. The quantitative estimate of drug-likeness (QED) is 0.523. The van der Waals surface area contributed by atoms with Gasteiger partial charge in [-0.2, -0.15) is 0 Å². The Labute approximate surface area is 64.0 Å². The summed E-state index contributed by atoms with van der Waals surface area (Å²) in [7, 11) is 0. The lowest BCUT2D eigenvalue weighted by molar-refractivity contribution is 0.263. The third-order valence-corrected chi connectivity index (χ3v) is 3.37. The van der Waals surface area contributed by atoms with Gasteiger partial charge in [-0.1, -0.05) is 32.6 Å². The van der Waals surface area contributed by atoms with E-state index in [2.05, 4.69) is 6.92 Å². The molecule has 0 N–H and O–H groups in total. The van der Waals surface area contributed by atoms with Gasteiger partial charge in [-0.05, 0) is 30.6 Å². The lowest BCUT2D eigenvalue weighted by atomic mass is 9.82. The van der Waals surface area contributed by atoms with E-state index in [0.29, 0.717) is 0 Å². The van der Waals surface area contributed by atoms with Crippen molar-refractivity contribution in [3.63, 3.8) is 0 Å². The van der Waals surface area contributed by atoms with Gasteiger partial charge in [0.15, 0.2) is 0 Å². The minimum atomic E-state index is 1.18. The van der Waals surface area contributed by atoms with Crippen LogP contribution in [0, 0.1) is 17.8 Å². The predicted octanol–water partition coefficient (Wildman–Crippen LogP) is 3.22. The standard InChI is InChI=1S/C10H18/c1-2-3-4-5-8-6-9-7-10(8)9/h8-10H,2-7H2,1H3. The van der Waals surface area contributed by atoms with Gasteiger partial charge in [0, 0.05) is 0 Å². The SMILES string of the molecule is CCCCCC1CC2CC12. The summed E-state index contributed by atoms with van der Waals surface area (Å²) >= 11 is 0. The molecule has 2 fully saturated rings. The minimum Gasteiger partial charge on any atom is -0.0654 e. The van der Waals surface area contributed by atoms with Crippen molar-refractivity contribution in [2.45, 2.75) is 45.4 Å². The van der Waals surface area contributed by atoms with E-state index >= 15 is 0 Å². The van der Waals surface area contributed by atoms with Gasteiger partial charge in [0.25, 0.3) is 0 Å². The second-order valence-electron chi connectivity index (χ2n) is 4.15. The highest BCUT2D eigenvalue weighted by molar-refractivity contribution is 5.01. The fourth-order valence-electron chi connectivity index (χ4n) is 2.48. The number of hydrogen-bond donors (Lipinski definition) is 0. The molecule has 0 nitrogen and oxygen atoms in total. The summed E-state index contributed by atoms with van der Waals surface area (Å²) in [5, 5.41) is 0. The van der Waals surface area contributed by atoms with Crippen molar-refractivity contribution in [3.05, 3.63) is 0 Å². The van der Waals surface area contributed by atoms with Crippen LogP contribution in [-0.4, -0.2) is 0 Å². The first-order valence-corrected chi connectivity index (χ1v) is 4.92. The monoisotopic (exact) mass is 138 g/mol. The Morgan fingerprint density at radius 3 is 2.60 bits per heavy atom. The van der Waals surface area contributed by atoms with E-state index in [1.165, 1.54) is 37.0 Å². The maximum Gasteiger partial charge on any atom is -0.0354 e. The van der Waals surface area contributed by atoms with E-state index in [1.807, 2.05) is 0 Å². The summed E-state index contributed by atoms with van der Waals surface area (Å²) in [5.74, 6) is 3.61. The molecular formula is C10H18. The van der Waals surface area contributed by atoms with Gasteiger partial charge < -0.3 is 0 Å². The molecule has 2 rings (SSSR count). The molecular weight excluding hydrogens is 120 g/mol. The first-order valence-electron chi connectivity index (χ1n) is 4.92. The van der Waals surface area contributed by atoms with Gasteiger partial charge in [-0.3, -0.25) is 0 Å². The predicted molar refractivity (Wildman–Crippen MR) is 43.8 cm³/mol. The molecule has 3 atom stereocenters. The van der Waals surface area contributed by atoms with E-state index < -0.39 is 0 Å². The molecule has 0 bridgehead atoms. The van der Waals surface area contributed by atoms with Crippen molar-refractivity contribution in [1.82, 2.24) is 0 Å². The fourth-order valence-corrected chi connectivity index (χ4v) is 2.48. The van der Waals surface area contributed by atoms with Gasteiger partial charge in [-0.25, -0.2) is 0 Å². The largest absolute Gasteiger partial charge is 0.0654 e. The molecule has 2 aliphatic carbocycles. The lowest BCUT2D eigenvalue weighted by Crippen LogP contribution is -2.15. The third kappa shape index (κ3) is 1.09. The van der Waals surface area contributed by atoms with Crippen LogP contribution in [-0.2, 0) is 0 Å². The van der Waals surface area contributed by atoms with E-state index in [9.17, 15) is 0 Å². The number of hydrogen-bond acceptors (Lipinski definition) is 0. The molecule has 2 saturated carbocycles. The molecule has 10 heavy (non-hydrogen) atoms. The molecule has 0 aromatic rings. The molecule has 3 unspecified atom stereocenters. The Hall–Kier alpha value is 0. The maximum absolute atomic E-state index is 2.29. The second kappa shape index (κ2) is 2.56. The van der Waals surface area contributed by atoms with Gasteiger partial charge in [0.2, 0.25) is 0 Å². The van der Waals surface area contributed by atoms with E-state index in [4.69, 9.17) is 0 Å². The maximum atomic E-state index is 2.29. The summed E-state index contributed by atoms with van der Waals surface area (Å²) in [5.41, 5.74) is 0. The summed E-state index contributed by atoms with van der Waals surface area (Å²) in [6.07, 6.45) is 9.10. The molecule has 0 heteroatoms. The van der Waals surface area contributed by atoms with Crippen LogP contribution in [0.3, 0.4) is 0 Å². The Bertz CT molecular complexity index is 117. The van der Waals surface area contributed by atoms with Crippen LogP contribution in [0.4, 0.5) is 0 Å². The van der Waals surface area contributed by atoms with Crippen molar-refractivity contribution < 1.29 is 0 Å². The highest BCUT2D eigenvalue weighted by Gasteiger charge is 2.52. The van der Waals surface area contributed by atoms with Gasteiger partial charge in [-0.15, -0.1) is 0 Å². The first kappa shape index (κ1) is 6.69. The van der Waals surface area contributed by atoms with Crippen LogP contribution in [0.25, 0.3) is 0 Å². The van der Waals surface area contributed by atoms with E-state index in [0.717, 1.165) is 0 Å². The van der Waals surface area contributed by atoms with Crippen molar-refractivity contribution >= 4 is 0 Å². The van der Waals surface area contributed by atoms with Crippen LogP contribution >= 0.6 is 0 Å². The number of rotatable bonds is 4. The Morgan fingerprint density at radius 1 is 1.20 bits per heavy atom. The lowest BCUT2D eigenvalue weighted by Gasteiger charge is -2.24. The highest BCUT2D eigenvalue weighted by Crippen LogP contribution is 2.61. The van der Waals surface area contributed by atoms with E-state index in [1.54, 1.807) is 19.3 Å². The highest BCUT2D eigenvalue weighted by atomic mass is 14.6. The summed E-state index contributed by atoms with van der Waals surface area (Å²) in [6, 6.07) is 0.